The van der Waals surface area contributed by atoms with Crippen molar-refractivity contribution in [3.63, 3.8) is 0 Å². The van der Waals surface area contributed by atoms with E-state index < -0.39 is 75.8 Å². The Bertz CT molecular complexity index is 1110. The molecule has 2 atom stereocenters. The molecule has 178 valence electrons. The van der Waals surface area contributed by atoms with Crippen LogP contribution in [-0.4, -0.2) is 28.9 Å². The van der Waals surface area contributed by atoms with Crippen LogP contribution in [-0.2, 0) is 4.79 Å². The minimum absolute atomic E-state index is 0.228. The van der Waals surface area contributed by atoms with Crippen LogP contribution in [0.15, 0.2) is 30.3 Å². The number of rotatable bonds is 6. The van der Waals surface area contributed by atoms with Gasteiger partial charge >= 0.3 is 6.18 Å². The lowest BCUT2D eigenvalue weighted by molar-refractivity contribution is -0.133. The third kappa shape index (κ3) is 5.50. The molecule has 13 heteroatoms. The molecule has 0 heterocycles. The third-order valence-electron chi connectivity index (χ3n) is 4.91. The molecule has 0 aliphatic heterocycles. The fourth-order valence-electron chi connectivity index (χ4n) is 3.25. The molecule has 0 spiro atoms. The zero-order valence-electron chi connectivity index (χ0n) is 16.2. The van der Waals surface area contributed by atoms with Crippen molar-refractivity contribution in [2.45, 2.75) is 22.8 Å². The lowest BCUT2D eigenvalue weighted by atomic mass is 10.1. The predicted molar refractivity (Wildman–Crippen MR) is 110 cm³/mol. The molecule has 2 aromatic rings. The first-order chi connectivity index (χ1) is 15.2. The normalized spacial score (nSPS) is 19.2. The van der Waals surface area contributed by atoms with Crippen LogP contribution >= 0.6 is 34.8 Å². The molecule has 1 aliphatic rings. The topological polar surface area (TPSA) is 58.2 Å². The molecule has 0 radical (unpaired) electrons. The van der Waals surface area contributed by atoms with Gasteiger partial charge in [0.2, 0.25) is 5.91 Å². The van der Waals surface area contributed by atoms with E-state index in [1.165, 1.54) is 12.1 Å². The molecular formula is C20H13Cl3F6N2O2. The van der Waals surface area contributed by atoms with Crippen molar-refractivity contribution in [1.29, 1.82) is 0 Å². The first-order valence-electron chi connectivity index (χ1n) is 9.20. The number of hydrogen-bond acceptors (Lipinski definition) is 2. The number of amides is 2. The summed E-state index contributed by atoms with van der Waals surface area (Å²) >= 11 is 18.1. The molecule has 2 N–H and O–H groups in total. The van der Waals surface area contributed by atoms with Crippen molar-refractivity contribution < 1.29 is 35.9 Å². The first-order valence-corrected chi connectivity index (χ1v) is 10.3. The Balaban J connectivity index is 1.77. The highest BCUT2D eigenvalue weighted by atomic mass is 35.5. The molecule has 1 saturated carbocycles. The zero-order valence-corrected chi connectivity index (χ0v) is 18.4. The monoisotopic (exact) mass is 532 g/mol. The van der Waals surface area contributed by atoms with Gasteiger partial charge < -0.3 is 10.6 Å². The molecule has 2 amide bonds. The van der Waals surface area contributed by atoms with E-state index in [0.717, 1.165) is 12.1 Å². The molecule has 0 unspecified atom stereocenters. The van der Waals surface area contributed by atoms with Gasteiger partial charge in [-0.05, 0) is 29.8 Å². The zero-order chi connectivity index (χ0) is 24.7. The number of benzene rings is 2. The number of nitrogens with one attached hydrogen (secondary N) is 2. The van der Waals surface area contributed by atoms with Gasteiger partial charge in [-0.2, -0.15) is 13.2 Å². The molecule has 2 aromatic carbocycles. The molecule has 3 rings (SSSR count). The maximum atomic E-state index is 14.7. The Labute approximate surface area is 198 Å². The quantitative estimate of drug-likeness (QED) is 0.355. The lowest BCUT2D eigenvalue weighted by Crippen LogP contribution is -2.30. The van der Waals surface area contributed by atoms with Gasteiger partial charge in [0, 0.05) is 12.5 Å². The van der Waals surface area contributed by atoms with Crippen LogP contribution in [0.4, 0.5) is 32.0 Å². The van der Waals surface area contributed by atoms with Gasteiger partial charge in [0.1, 0.15) is 21.5 Å². The molecule has 0 bridgehead atoms. The number of alkyl halides is 5. The second kappa shape index (κ2) is 9.23. The van der Waals surface area contributed by atoms with Crippen molar-refractivity contribution in [2.75, 3.05) is 11.9 Å². The number of carbonyl (C=O) groups is 2. The molecular weight excluding hydrogens is 521 g/mol. The van der Waals surface area contributed by atoms with E-state index in [-0.39, 0.29) is 5.02 Å². The smallest absolute Gasteiger partial charge is 0.352 e. The van der Waals surface area contributed by atoms with Crippen LogP contribution in [0, 0.1) is 23.4 Å². The molecule has 0 saturated heterocycles. The molecule has 0 aromatic heterocycles. The summed E-state index contributed by atoms with van der Waals surface area (Å²) in [5.41, 5.74) is -1.44. The highest BCUT2D eigenvalue weighted by Crippen LogP contribution is 2.65. The van der Waals surface area contributed by atoms with E-state index in [1.807, 2.05) is 0 Å². The Hall–Kier alpha value is -2.17. The van der Waals surface area contributed by atoms with Crippen LogP contribution in [0.1, 0.15) is 28.3 Å². The minimum Gasteiger partial charge on any atom is -0.352 e. The van der Waals surface area contributed by atoms with Crippen molar-refractivity contribution in [2.24, 2.45) is 5.92 Å². The van der Waals surface area contributed by atoms with E-state index in [2.05, 4.69) is 5.32 Å². The number of anilines is 1. The second-order valence-corrected chi connectivity index (χ2v) is 9.05. The van der Waals surface area contributed by atoms with Crippen LogP contribution in [0.5, 0.6) is 0 Å². The summed E-state index contributed by atoms with van der Waals surface area (Å²) in [6.45, 7) is -0.900. The molecule has 4 nitrogen and oxygen atoms in total. The summed E-state index contributed by atoms with van der Waals surface area (Å²) in [6, 6.07) is 5.09. The van der Waals surface area contributed by atoms with Crippen LogP contribution in [0.25, 0.3) is 0 Å². The maximum Gasteiger partial charge on any atom is 0.390 e. The number of halogens is 9. The SMILES string of the molecule is O=C(NCCC(F)(F)F)c1c(F)ccc(NC(=O)[C@H]2[C@H](c3ccc(F)c(Cl)c3)C2(Cl)Cl)c1F. The average Bonchev–Trinajstić information content (AvgIpc) is 3.27. The first kappa shape index (κ1) is 25.5. The Morgan fingerprint density at radius 1 is 1.03 bits per heavy atom. The highest BCUT2D eigenvalue weighted by molar-refractivity contribution is 6.53. The summed E-state index contributed by atoms with van der Waals surface area (Å²) in [7, 11) is 0. The summed E-state index contributed by atoms with van der Waals surface area (Å²) in [4.78, 5) is 24.7. The molecule has 1 fully saturated rings. The predicted octanol–water partition coefficient (Wildman–Crippen LogP) is 5.97. The van der Waals surface area contributed by atoms with Gasteiger partial charge in [0.25, 0.3) is 5.91 Å². The van der Waals surface area contributed by atoms with Crippen LogP contribution < -0.4 is 10.6 Å². The summed E-state index contributed by atoms with van der Waals surface area (Å²) < 4.78 is 77.2. The van der Waals surface area contributed by atoms with E-state index in [0.29, 0.717) is 11.6 Å². The van der Waals surface area contributed by atoms with E-state index in [1.54, 1.807) is 5.32 Å². The van der Waals surface area contributed by atoms with Crippen molar-refractivity contribution in [3.05, 3.63) is 63.9 Å². The van der Waals surface area contributed by atoms with Gasteiger partial charge in [-0.3, -0.25) is 9.59 Å². The van der Waals surface area contributed by atoms with Gasteiger partial charge in [-0.25, -0.2) is 13.2 Å². The summed E-state index contributed by atoms with van der Waals surface area (Å²) in [5, 5.41) is 3.68. The summed E-state index contributed by atoms with van der Waals surface area (Å²) in [5.74, 6) is -7.82. The minimum atomic E-state index is -4.58. The van der Waals surface area contributed by atoms with Gasteiger partial charge in [0.05, 0.1) is 23.0 Å². The van der Waals surface area contributed by atoms with Gasteiger partial charge in [0.15, 0.2) is 5.82 Å². The Morgan fingerprint density at radius 2 is 1.67 bits per heavy atom. The average molecular weight is 534 g/mol. The van der Waals surface area contributed by atoms with Crippen molar-refractivity contribution in [1.82, 2.24) is 5.32 Å². The number of carbonyl (C=O) groups excluding carboxylic acids is 2. The largest absolute Gasteiger partial charge is 0.390 e. The van der Waals surface area contributed by atoms with Gasteiger partial charge in [-0.1, -0.05) is 17.7 Å². The maximum absolute atomic E-state index is 14.7. The number of hydrogen-bond donors (Lipinski definition) is 2. The van der Waals surface area contributed by atoms with E-state index >= 15 is 0 Å². The molecule has 1 aliphatic carbocycles. The highest BCUT2D eigenvalue weighted by Gasteiger charge is 2.67. The fourth-order valence-corrected chi connectivity index (χ4v) is 4.26. The second-order valence-electron chi connectivity index (χ2n) is 7.20. The summed E-state index contributed by atoms with van der Waals surface area (Å²) in [6.07, 6.45) is -5.98. The third-order valence-corrected chi connectivity index (χ3v) is 6.14. The standard InChI is InChI=1S/C20H13Cl3F6N2O2/c21-9-7-8(1-2-10(9)24)14-15(20(14,22)23)18(33)31-12-4-3-11(25)13(16(12)26)17(32)30-6-5-19(27,28)29/h1-4,7,14-15H,5-6H2,(H,30,32)(H,31,33)/t14-,15+/m0/s1. The molecule has 33 heavy (non-hydrogen) atoms. The van der Waals surface area contributed by atoms with Crippen molar-refractivity contribution in [3.8, 4) is 0 Å². The van der Waals surface area contributed by atoms with Gasteiger partial charge in [-0.15, -0.1) is 23.2 Å². The van der Waals surface area contributed by atoms with Crippen LogP contribution in [0.2, 0.25) is 5.02 Å². The lowest BCUT2D eigenvalue weighted by Gasteiger charge is -2.12. The van der Waals surface area contributed by atoms with E-state index in [4.69, 9.17) is 34.8 Å². The Morgan fingerprint density at radius 3 is 2.27 bits per heavy atom. The van der Waals surface area contributed by atoms with Crippen LogP contribution in [0.3, 0.4) is 0 Å². The Kier molecular flexibility index (Phi) is 7.12. The van der Waals surface area contributed by atoms with Crippen molar-refractivity contribution >= 4 is 52.3 Å². The van der Waals surface area contributed by atoms with E-state index in [9.17, 15) is 35.9 Å². The fraction of sp³-hybridized carbons (Fsp3) is 0.300.